The lowest BCUT2D eigenvalue weighted by atomic mass is 9.79. The normalized spacial score (nSPS) is 17.6. The van der Waals surface area contributed by atoms with E-state index < -0.39 is 35.8 Å². The number of carbonyl (C=O) groups excluding carboxylic acids is 4. The molecular formula is C23H24O9. The molecule has 0 fully saturated rings. The molecule has 0 saturated carbocycles. The summed E-state index contributed by atoms with van der Waals surface area (Å²) in [5, 5.41) is 11.2. The molecule has 0 amide bonds. The Labute approximate surface area is 184 Å². The Balaban J connectivity index is 2.16. The SMILES string of the molecule is C=CC(=O)OCCCOC(=O)C1=Cc2ccccc2CC1(O)C(=O)OC(C)OC(=O)C=C. The fourth-order valence-electron chi connectivity index (χ4n) is 2.91. The van der Waals surface area contributed by atoms with Crippen LogP contribution in [0.2, 0.25) is 0 Å². The molecule has 0 spiro atoms. The van der Waals surface area contributed by atoms with Gasteiger partial charge in [0.1, 0.15) is 0 Å². The predicted molar refractivity (Wildman–Crippen MR) is 112 cm³/mol. The number of hydrogen-bond donors (Lipinski definition) is 1. The van der Waals surface area contributed by atoms with Crippen molar-refractivity contribution in [3.63, 3.8) is 0 Å². The van der Waals surface area contributed by atoms with Crippen LogP contribution in [0.25, 0.3) is 6.08 Å². The summed E-state index contributed by atoms with van der Waals surface area (Å²) >= 11 is 0. The van der Waals surface area contributed by atoms with Crippen molar-refractivity contribution in [1.82, 2.24) is 0 Å². The highest BCUT2D eigenvalue weighted by Crippen LogP contribution is 2.34. The number of aliphatic hydroxyl groups is 1. The van der Waals surface area contributed by atoms with Crippen LogP contribution in [0.5, 0.6) is 0 Å². The van der Waals surface area contributed by atoms with E-state index in [4.69, 9.17) is 18.9 Å². The topological polar surface area (TPSA) is 125 Å². The van der Waals surface area contributed by atoms with E-state index in [0.717, 1.165) is 12.2 Å². The molecule has 1 aromatic carbocycles. The number of carbonyl (C=O) groups is 4. The monoisotopic (exact) mass is 444 g/mol. The molecule has 1 aromatic rings. The van der Waals surface area contributed by atoms with Crippen LogP contribution in [-0.4, -0.2) is 54.1 Å². The van der Waals surface area contributed by atoms with Gasteiger partial charge in [0.15, 0.2) is 5.60 Å². The number of hydrogen-bond acceptors (Lipinski definition) is 9. The van der Waals surface area contributed by atoms with Crippen molar-refractivity contribution in [3.8, 4) is 0 Å². The summed E-state index contributed by atoms with van der Waals surface area (Å²) in [6, 6.07) is 6.88. The lowest BCUT2D eigenvalue weighted by molar-refractivity contribution is -0.194. The molecule has 9 nitrogen and oxygen atoms in total. The van der Waals surface area contributed by atoms with Crippen molar-refractivity contribution >= 4 is 30.0 Å². The molecule has 2 rings (SSSR count). The largest absolute Gasteiger partial charge is 0.462 e. The molecule has 1 aliphatic carbocycles. The Morgan fingerprint density at radius 3 is 2.41 bits per heavy atom. The van der Waals surface area contributed by atoms with Crippen LogP contribution in [0.1, 0.15) is 24.5 Å². The lowest BCUT2D eigenvalue weighted by Gasteiger charge is -2.32. The van der Waals surface area contributed by atoms with E-state index in [1.54, 1.807) is 24.3 Å². The van der Waals surface area contributed by atoms with Gasteiger partial charge in [-0.05, 0) is 17.2 Å². The fraction of sp³-hybridized carbons (Fsp3) is 0.304. The minimum atomic E-state index is -2.37. The molecule has 32 heavy (non-hydrogen) atoms. The van der Waals surface area contributed by atoms with Gasteiger partial charge in [-0.2, -0.15) is 0 Å². The van der Waals surface area contributed by atoms with Gasteiger partial charge in [-0.15, -0.1) is 0 Å². The molecule has 0 aromatic heterocycles. The summed E-state index contributed by atoms with van der Waals surface area (Å²) in [5.41, 5.74) is -1.46. The van der Waals surface area contributed by atoms with E-state index in [2.05, 4.69) is 13.2 Å². The Morgan fingerprint density at radius 1 is 1.06 bits per heavy atom. The molecule has 2 unspecified atom stereocenters. The maximum Gasteiger partial charge on any atom is 0.346 e. The van der Waals surface area contributed by atoms with E-state index in [0.29, 0.717) is 11.1 Å². The van der Waals surface area contributed by atoms with Crippen LogP contribution in [0, 0.1) is 0 Å². The predicted octanol–water partition coefficient (Wildman–Crippen LogP) is 1.64. The lowest BCUT2D eigenvalue weighted by Crippen LogP contribution is -2.49. The van der Waals surface area contributed by atoms with Crippen molar-refractivity contribution in [2.75, 3.05) is 13.2 Å². The zero-order valence-electron chi connectivity index (χ0n) is 17.6. The van der Waals surface area contributed by atoms with Gasteiger partial charge >= 0.3 is 23.9 Å². The second-order valence-corrected chi connectivity index (χ2v) is 6.77. The van der Waals surface area contributed by atoms with Crippen LogP contribution in [-0.2, 0) is 44.5 Å². The van der Waals surface area contributed by atoms with Crippen LogP contribution in [0.3, 0.4) is 0 Å². The summed E-state index contributed by atoms with van der Waals surface area (Å²) in [5.74, 6) is -3.55. The second-order valence-electron chi connectivity index (χ2n) is 6.77. The molecule has 0 aliphatic heterocycles. The summed E-state index contributed by atoms with van der Waals surface area (Å²) in [7, 11) is 0. The minimum Gasteiger partial charge on any atom is -0.462 e. The Morgan fingerprint density at radius 2 is 1.72 bits per heavy atom. The highest BCUT2D eigenvalue weighted by Gasteiger charge is 2.48. The molecule has 1 aliphatic rings. The maximum absolute atomic E-state index is 12.8. The average molecular weight is 444 g/mol. The van der Waals surface area contributed by atoms with E-state index >= 15 is 0 Å². The zero-order valence-corrected chi connectivity index (χ0v) is 17.6. The van der Waals surface area contributed by atoms with Gasteiger partial charge in [-0.3, -0.25) is 0 Å². The van der Waals surface area contributed by atoms with Gasteiger partial charge in [-0.1, -0.05) is 37.4 Å². The van der Waals surface area contributed by atoms with E-state index in [-0.39, 0.29) is 31.6 Å². The maximum atomic E-state index is 12.8. The number of fused-ring (bicyclic) bond motifs is 1. The van der Waals surface area contributed by atoms with Gasteiger partial charge in [-0.25, -0.2) is 19.2 Å². The molecule has 1 N–H and O–H groups in total. The van der Waals surface area contributed by atoms with Crippen molar-refractivity contribution in [2.45, 2.75) is 31.7 Å². The molecular weight excluding hydrogens is 420 g/mol. The second kappa shape index (κ2) is 11.1. The summed E-state index contributed by atoms with van der Waals surface area (Å²) < 4.78 is 19.8. The number of esters is 4. The van der Waals surface area contributed by atoms with Gasteiger partial charge < -0.3 is 24.1 Å². The van der Waals surface area contributed by atoms with Gasteiger partial charge in [0, 0.05) is 31.9 Å². The van der Waals surface area contributed by atoms with Gasteiger partial charge in [0.05, 0.1) is 18.8 Å². The van der Waals surface area contributed by atoms with Gasteiger partial charge in [0.25, 0.3) is 0 Å². The smallest absolute Gasteiger partial charge is 0.346 e. The first-order valence-corrected chi connectivity index (χ1v) is 9.74. The molecule has 9 heteroatoms. The van der Waals surface area contributed by atoms with Crippen molar-refractivity contribution in [1.29, 1.82) is 0 Å². The third kappa shape index (κ3) is 6.14. The molecule has 0 bridgehead atoms. The first-order chi connectivity index (χ1) is 15.2. The molecule has 0 radical (unpaired) electrons. The Kier molecular flexibility index (Phi) is 8.48. The van der Waals surface area contributed by atoms with Crippen molar-refractivity contribution in [2.24, 2.45) is 0 Å². The number of rotatable bonds is 10. The minimum absolute atomic E-state index is 0.00148. The summed E-state index contributed by atoms with van der Waals surface area (Å²) in [4.78, 5) is 47.9. The first-order valence-electron chi connectivity index (χ1n) is 9.74. The Bertz CT molecular complexity index is 947. The highest BCUT2D eigenvalue weighted by molar-refractivity contribution is 6.05. The third-order valence-electron chi connectivity index (χ3n) is 4.46. The fourth-order valence-corrected chi connectivity index (χ4v) is 2.91. The van der Waals surface area contributed by atoms with E-state index in [1.807, 2.05) is 0 Å². The molecule has 0 saturated heterocycles. The number of benzene rings is 1. The van der Waals surface area contributed by atoms with Crippen molar-refractivity contribution in [3.05, 3.63) is 66.3 Å². The van der Waals surface area contributed by atoms with Gasteiger partial charge in [0.2, 0.25) is 6.29 Å². The van der Waals surface area contributed by atoms with E-state index in [9.17, 15) is 24.3 Å². The standard InChI is InChI=1S/C23H24O9/c1-4-19(24)29-11-8-12-30-21(26)18-13-16-9-6-7-10-17(16)14-23(18,28)22(27)32-15(3)31-20(25)5-2/h4-7,9-10,13,15,28H,1-2,8,11-12,14H2,3H3. The quantitative estimate of drug-likeness (QED) is 0.188. The van der Waals surface area contributed by atoms with Crippen LogP contribution in [0.15, 0.2) is 55.1 Å². The Hall–Kier alpha value is -3.72. The summed E-state index contributed by atoms with van der Waals surface area (Å²) in [6.07, 6.45) is 1.88. The molecule has 0 heterocycles. The first kappa shape index (κ1) is 24.5. The molecule has 170 valence electrons. The molecule has 2 atom stereocenters. The number of ether oxygens (including phenoxy) is 4. The van der Waals surface area contributed by atoms with Crippen LogP contribution >= 0.6 is 0 Å². The van der Waals surface area contributed by atoms with E-state index in [1.165, 1.54) is 13.0 Å². The van der Waals surface area contributed by atoms with Crippen LogP contribution in [0.4, 0.5) is 0 Å². The summed E-state index contributed by atoms with van der Waals surface area (Å²) in [6.45, 7) is 7.67. The zero-order chi connectivity index (χ0) is 23.7. The van der Waals surface area contributed by atoms with Crippen LogP contribution < -0.4 is 0 Å². The third-order valence-corrected chi connectivity index (χ3v) is 4.46. The highest BCUT2D eigenvalue weighted by atomic mass is 16.7. The van der Waals surface area contributed by atoms with Crippen molar-refractivity contribution < 1.29 is 43.2 Å². The average Bonchev–Trinajstić information content (AvgIpc) is 2.77.